The molecule has 0 aliphatic rings. The fraction of sp³-hybridized carbons (Fsp3) is 0.833. The molecule has 0 aliphatic heterocycles. The van der Waals surface area contributed by atoms with Crippen molar-refractivity contribution in [2.24, 2.45) is 0 Å². The molecule has 1 atom stereocenters. The van der Waals surface area contributed by atoms with E-state index >= 15 is 0 Å². The van der Waals surface area contributed by atoms with E-state index in [0.29, 0.717) is 78.1 Å². The standard InChI is InChI=1S/C23H41NO7.C19H35NO6/c1-31-18-12-13-19(25)16-17-20(23(29)30)24-21(26)14-10-8-6-4-2-3-5-7-9-11-15-22(27)28;1-3-11-25-16-19(23)20-10-12-24-13-14-26-15-18(22)9-7-5-6-8-17(21)4-2/h20H,2-18H2,1H3,(H,24,26)(H,27,28)(H,29,30);3-16H2,1-2H3,(H,20,23)/t20-;/m0./s1. The first-order valence-corrected chi connectivity index (χ1v) is 21.2. The maximum Gasteiger partial charge on any atom is 0.326 e. The van der Waals surface area contributed by atoms with Gasteiger partial charge in [0.25, 0.3) is 0 Å². The number of hydrogen-bond donors (Lipinski definition) is 4. The Morgan fingerprint density at radius 1 is 0.509 bits per heavy atom. The molecule has 15 heteroatoms. The monoisotopic (exact) mass is 817 g/mol. The predicted molar refractivity (Wildman–Crippen MR) is 217 cm³/mol. The number of carboxylic acid groups (broad SMARTS) is 2. The van der Waals surface area contributed by atoms with Gasteiger partial charge in [0.2, 0.25) is 11.8 Å². The SMILES string of the molecule is CCCOCC(=O)NCCOCCOCC(=O)CCCCCC(=O)CC.COCCCC(=O)CC[C@H](NC(=O)CCCCCCCCCCCCC(=O)O)C(=O)O. The van der Waals surface area contributed by atoms with Gasteiger partial charge in [0.15, 0.2) is 5.78 Å². The number of hydrogen-bond acceptors (Lipinski definition) is 11. The summed E-state index contributed by atoms with van der Waals surface area (Å²) in [7, 11) is 1.57. The first-order chi connectivity index (χ1) is 27.5. The molecule has 0 unspecified atom stereocenters. The van der Waals surface area contributed by atoms with Crippen molar-refractivity contribution in [3.05, 3.63) is 0 Å². The van der Waals surface area contributed by atoms with Gasteiger partial charge in [-0.05, 0) is 44.9 Å². The number of carboxylic acids is 2. The molecule has 0 spiro atoms. The number of methoxy groups -OCH3 is 1. The molecular formula is C42H76N2O13. The summed E-state index contributed by atoms with van der Waals surface area (Å²) in [6.45, 7) is 6.67. The maximum absolute atomic E-state index is 12.0. The molecule has 0 aliphatic carbocycles. The Labute approximate surface area is 341 Å². The van der Waals surface area contributed by atoms with Gasteiger partial charge in [-0.15, -0.1) is 0 Å². The van der Waals surface area contributed by atoms with Crippen LogP contribution in [0.1, 0.15) is 162 Å². The number of nitrogens with one attached hydrogen (secondary N) is 2. The molecule has 0 saturated carbocycles. The molecule has 4 N–H and O–H groups in total. The van der Waals surface area contributed by atoms with E-state index in [1.165, 1.54) is 0 Å². The Morgan fingerprint density at radius 3 is 1.61 bits per heavy atom. The number of ketones is 3. The van der Waals surface area contributed by atoms with Crippen LogP contribution in [0.25, 0.3) is 0 Å². The zero-order chi connectivity index (χ0) is 42.8. The number of carbonyl (C=O) groups is 7. The second-order valence-corrected chi connectivity index (χ2v) is 14.1. The molecule has 0 aromatic heterocycles. The predicted octanol–water partition coefficient (Wildman–Crippen LogP) is 6.16. The highest BCUT2D eigenvalue weighted by molar-refractivity contribution is 5.84. The molecule has 15 nitrogen and oxygen atoms in total. The Morgan fingerprint density at radius 2 is 1.04 bits per heavy atom. The normalized spacial score (nSPS) is 11.3. The summed E-state index contributed by atoms with van der Waals surface area (Å²) in [5.74, 6) is -1.92. The fourth-order valence-corrected chi connectivity index (χ4v) is 5.44. The summed E-state index contributed by atoms with van der Waals surface area (Å²) in [4.78, 5) is 79.6. The van der Waals surface area contributed by atoms with Crippen LogP contribution >= 0.6 is 0 Å². The maximum atomic E-state index is 12.0. The highest BCUT2D eigenvalue weighted by Gasteiger charge is 2.20. The Bertz CT molecular complexity index is 1070. The highest BCUT2D eigenvalue weighted by atomic mass is 16.5. The van der Waals surface area contributed by atoms with Crippen LogP contribution in [0.15, 0.2) is 0 Å². The lowest BCUT2D eigenvalue weighted by Crippen LogP contribution is -2.41. The quantitative estimate of drug-likeness (QED) is 0.0509. The molecule has 0 aromatic carbocycles. The van der Waals surface area contributed by atoms with Crippen LogP contribution in [0, 0.1) is 0 Å². The lowest BCUT2D eigenvalue weighted by atomic mass is 10.0. The van der Waals surface area contributed by atoms with E-state index in [1.807, 2.05) is 13.8 Å². The smallest absolute Gasteiger partial charge is 0.326 e. The average Bonchev–Trinajstić information content (AvgIpc) is 3.17. The molecule has 57 heavy (non-hydrogen) atoms. The molecule has 0 bridgehead atoms. The zero-order valence-corrected chi connectivity index (χ0v) is 35.4. The third-order valence-corrected chi connectivity index (χ3v) is 8.78. The molecule has 0 heterocycles. The average molecular weight is 817 g/mol. The van der Waals surface area contributed by atoms with Crippen molar-refractivity contribution in [2.45, 2.75) is 168 Å². The number of unbranched alkanes of at least 4 members (excludes halogenated alkanes) is 11. The van der Waals surface area contributed by atoms with Crippen LogP contribution in [-0.4, -0.2) is 117 Å². The molecule has 0 radical (unpaired) electrons. The first kappa shape index (κ1) is 55.8. The molecular weight excluding hydrogens is 740 g/mol. The van der Waals surface area contributed by atoms with E-state index in [-0.39, 0.29) is 61.6 Å². The van der Waals surface area contributed by atoms with E-state index in [9.17, 15) is 38.7 Å². The minimum atomic E-state index is -1.11. The molecule has 0 fully saturated rings. The molecule has 2 amide bonds. The largest absolute Gasteiger partial charge is 0.481 e. The summed E-state index contributed by atoms with van der Waals surface area (Å²) < 4.78 is 20.6. The second-order valence-electron chi connectivity index (χ2n) is 14.1. The van der Waals surface area contributed by atoms with Gasteiger partial charge >= 0.3 is 11.9 Å². The van der Waals surface area contributed by atoms with Crippen molar-refractivity contribution in [1.82, 2.24) is 10.6 Å². The number of ether oxygens (including phenoxy) is 4. The third kappa shape index (κ3) is 43.7. The van der Waals surface area contributed by atoms with Gasteiger partial charge in [0.1, 0.15) is 30.8 Å². The van der Waals surface area contributed by atoms with Crippen LogP contribution in [0.5, 0.6) is 0 Å². The van der Waals surface area contributed by atoms with E-state index in [0.717, 1.165) is 89.9 Å². The summed E-state index contributed by atoms with van der Waals surface area (Å²) in [6.07, 6.45) is 17.0. The second kappa shape index (κ2) is 42.3. The van der Waals surface area contributed by atoms with Crippen LogP contribution in [-0.2, 0) is 52.5 Å². The van der Waals surface area contributed by atoms with E-state index in [2.05, 4.69) is 10.6 Å². The number of Topliss-reactive ketones (excluding diaryl/α,β-unsaturated/α-hetero) is 3. The number of amides is 2. The van der Waals surface area contributed by atoms with Crippen molar-refractivity contribution >= 4 is 41.1 Å². The van der Waals surface area contributed by atoms with E-state index < -0.39 is 18.0 Å². The van der Waals surface area contributed by atoms with Crippen molar-refractivity contribution in [2.75, 3.05) is 59.9 Å². The zero-order valence-electron chi connectivity index (χ0n) is 35.4. The summed E-state index contributed by atoms with van der Waals surface area (Å²) in [5, 5.41) is 23.0. The van der Waals surface area contributed by atoms with E-state index in [4.69, 9.17) is 24.1 Å². The van der Waals surface area contributed by atoms with Gasteiger partial charge in [-0.2, -0.15) is 0 Å². The Balaban J connectivity index is 0. The van der Waals surface area contributed by atoms with Crippen molar-refractivity contribution < 1.29 is 62.7 Å². The van der Waals surface area contributed by atoms with Gasteiger partial charge in [-0.1, -0.05) is 71.6 Å². The van der Waals surface area contributed by atoms with Crippen molar-refractivity contribution in [3.8, 4) is 0 Å². The lowest BCUT2D eigenvalue weighted by molar-refractivity contribution is -0.142. The number of carbonyl (C=O) groups excluding carboxylic acids is 5. The fourth-order valence-electron chi connectivity index (χ4n) is 5.44. The van der Waals surface area contributed by atoms with Crippen molar-refractivity contribution in [1.29, 1.82) is 0 Å². The van der Waals surface area contributed by atoms with Gasteiger partial charge in [0, 0.05) is 71.8 Å². The van der Waals surface area contributed by atoms with Gasteiger partial charge in [-0.25, -0.2) is 4.79 Å². The Hall–Kier alpha value is -3.27. The molecule has 332 valence electrons. The van der Waals surface area contributed by atoms with Gasteiger partial charge in [-0.3, -0.25) is 28.8 Å². The highest BCUT2D eigenvalue weighted by Crippen LogP contribution is 2.12. The first-order valence-electron chi connectivity index (χ1n) is 21.2. The topological polar surface area (TPSA) is 221 Å². The lowest BCUT2D eigenvalue weighted by Gasteiger charge is -2.14. The molecule has 0 aromatic rings. The van der Waals surface area contributed by atoms with Crippen LogP contribution in [0.3, 0.4) is 0 Å². The van der Waals surface area contributed by atoms with E-state index in [1.54, 1.807) is 7.11 Å². The molecule has 0 rings (SSSR count). The van der Waals surface area contributed by atoms with Crippen LogP contribution < -0.4 is 10.6 Å². The minimum Gasteiger partial charge on any atom is -0.481 e. The number of rotatable bonds is 41. The Kier molecular flexibility index (Phi) is 41.5. The third-order valence-electron chi connectivity index (χ3n) is 8.78. The summed E-state index contributed by atoms with van der Waals surface area (Å²) >= 11 is 0. The minimum absolute atomic E-state index is 0.0159. The molecule has 0 saturated heterocycles. The van der Waals surface area contributed by atoms with Gasteiger partial charge < -0.3 is 39.8 Å². The van der Waals surface area contributed by atoms with Crippen LogP contribution in [0.4, 0.5) is 0 Å². The summed E-state index contributed by atoms with van der Waals surface area (Å²) in [5.41, 5.74) is 0. The van der Waals surface area contributed by atoms with Crippen molar-refractivity contribution in [3.63, 3.8) is 0 Å². The number of aliphatic carboxylic acids is 2. The van der Waals surface area contributed by atoms with Gasteiger partial charge in [0.05, 0.1) is 19.8 Å². The van der Waals surface area contributed by atoms with Crippen LogP contribution in [0.2, 0.25) is 0 Å². The summed E-state index contributed by atoms with van der Waals surface area (Å²) in [6, 6.07) is -1.02.